The van der Waals surface area contributed by atoms with E-state index in [2.05, 4.69) is 5.10 Å². The van der Waals surface area contributed by atoms with Crippen LogP contribution >= 0.6 is 0 Å². The van der Waals surface area contributed by atoms with Gasteiger partial charge in [0.05, 0.1) is 0 Å². The number of nitrogens with zero attached hydrogens (tertiary/aromatic N) is 2. The molecule has 5 heteroatoms. The van der Waals surface area contributed by atoms with Gasteiger partial charge in [-0.2, -0.15) is 5.10 Å². The molecule has 1 aromatic heterocycles. The molecule has 0 bridgehead atoms. The number of hydrogen-bond acceptors (Lipinski definition) is 2. The van der Waals surface area contributed by atoms with Crippen molar-refractivity contribution in [2.24, 2.45) is 5.92 Å². The summed E-state index contributed by atoms with van der Waals surface area (Å²) in [6.45, 7) is 4.13. The number of anilines is 1. The second-order valence-electron chi connectivity index (χ2n) is 3.62. The fourth-order valence-electron chi connectivity index (χ4n) is 1.39. The van der Waals surface area contributed by atoms with Crippen molar-refractivity contribution in [3.05, 3.63) is 11.8 Å². The van der Waals surface area contributed by atoms with E-state index in [9.17, 15) is 8.78 Å². The van der Waals surface area contributed by atoms with E-state index in [0.29, 0.717) is 12.4 Å². The van der Waals surface area contributed by atoms with Crippen LogP contribution in [-0.2, 0) is 6.54 Å². The Bertz CT molecular complexity index is 296. The SMILES string of the molecule is Cc1cc(N)nn1CC(C)CC(F)F. The van der Waals surface area contributed by atoms with Crippen LogP contribution in [0.2, 0.25) is 0 Å². The third kappa shape index (κ3) is 2.97. The topological polar surface area (TPSA) is 43.8 Å². The highest BCUT2D eigenvalue weighted by molar-refractivity contribution is 5.28. The van der Waals surface area contributed by atoms with Gasteiger partial charge in [-0.1, -0.05) is 6.92 Å². The highest BCUT2D eigenvalue weighted by atomic mass is 19.3. The van der Waals surface area contributed by atoms with Crippen molar-refractivity contribution in [1.29, 1.82) is 0 Å². The van der Waals surface area contributed by atoms with E-state index in [0.717, 1.165) is 5.69 Å². The van der Waals surface area contributed by atoms with Crippen LogP contribution in [0.1, 0.15) is 19.0 Å². The molecule has 80 valence electrons. The molecule has 1 aromatic rings. The van der Waals surface area contributed by atoms with Crippen LogP contribution < -0.4 is 5.73 Å². The predicted molar refractivity (Wildman–Crippen MR) is 51.2 cm³/mol. The molecule has 0 aliphatic rings. The summed E-state index contributed by atoms with van der Waals surface area (Å²) in [4.78, 5) is 0. The van der Waals surface area contributed by atoms with E-state index in [1.165, 1.54) is 0 Å². The average Bonchev–Trinajstić information content (AvgIpc) is 2.28. The summed E-state index contributed by atoms with van der Waals surface area (Å²) in [7, 11) is 0. The first kappa shape index (κ1) is 10.9. The zero-order valence-corrected chi connectivity index (χ0v) is 8.37. The number of aryl methyl sites for hydroxylation is 1. The van der Waals surface area contributed by atoms with Gasteiger partial charge in [0.25, 0.3) is 0 Å². The minimum Gasteiger partial charge on any atom is -0.382 e. The molecule has 2 N–H and O–H groups in total. The molecule has 1 heterocycles. The molecular formula is C9H15F2N3. The summed E-state index contributed by atoms with van der Waals surface area (Å²) in [5.74, 6) is 0.347. The van der Waals surface area contributed by atoms with Gasteiger partial charge in [-0.05, 0) is 12.8 Å². The lowest BCUT2D eigenvalue weighted by molar-refractivity contribution is 0.113. The van der Waals surface area contributed by atoms with Crippen LogP contribution in [0, 0.1) is 12.8 Å². The Balaban J connectivity index is 2.55. The zero-order chi connectivity index (χ0) is 10.7. The first-order valence-corrected chi connectivity index (χ1v) is 4.57. The molecule has 0 aliphatic heterocycles. The Labute approximate surface area is 81.9 Å². The van der Waals surface area contributed by atoms with Crippen molar-refractivity contribution >= 4 is 5.82 Å². The van der Waals surface area contributed by atoms with Crippen molar-refractivity contribution in [2.75, 3.05) is 5.73 Å². The third-order valence-corrected chi connectivity index (χ3v) is 2.07. The Morgan fingerprint density at radius 3 is 2.64 bits per heavy atom. The van der Waals surface area contributed by atoms with Crippen molar-refractivity contribution in [1.82, 2.24) is 9.78 Å². The molecule has 0 saturated carbocycles. The largest absolute Gasteiger partial charge is 0.382 e. The molecule has 0 amide bonds. The van der Waals surface area contributed by atoms with Gasteiger partial charge < -0.3 is 5.73 Å². The van der Waals surface area contributed by atoms with Gasteiger partial charge in [0, 0.05) is 24.7 Å². The summed E-state index contributed by atoms with van der Waals surface area (Å²) < 4.78 is 25.7. The lowest BCUT2D eigenvalue weighted by Crippen LogP contribution is -2.13. The van der Waals surface area contributed by atoms with Gasteiger partial charge in [-0.25, -0.2) is 8.78 Å². The van der Waals surface area contributed by atoms with Gasteiger partial charge in [-0.3, -0.25) is 4.68 Å². The van der Waals surface area contributed by atoms with Crippen LogP contribution in [0.15, 0.2) is 6.07 Å². The number of alkyl halides is 2. The molecule has 14 heavy (non-hydrogen) atoms. The maximum absolute atomic E-state index is 12.0. The number of halogens is 2. The normalized spacial score (nSPS) is 13.5. The molecule has 0 aromatic carbocycles. The smallest absolute Gasteiger partial charge is 0.239 e. The highest BCUT2D eigenvalue weighted by Crippen LogP contribution is 2.14. The van der Waals surface area contributed by atoms with Gasteiger partial charge in [-0.15, -0.1) is 0 Å². The van der Waals surface area contributed by atoms with Crippen LogP contribution in [0.5, 0.6) is 0 Å². The van der Waals surface area contributed by atoms with Crippen LogP contribution in [-0.4, -0.2) is 16.2 Å². The summed E-state index contributed by atoms with van der Waals surface area (Å²) >= 11 is 0. The molecule has 1 unspecified atom stereocenters. The Morgan fingerprint density at radius 1 is 1.57 bits per heavy atom. The monoisotopic (exact) mass is 203 g/mol. The number of nitrogens with two attached hydrogens (primary N) is 1. The second kappa shape index (κ2) is 4.39. The lowest BCUT2D eigenvalue weighted by atomic mass is 10.1. The van der Waals surface area contributed by atoms with E-state index < -0.39 is 6.43 Å². The van der Waals surface area contributed by atoms with Crippen molar-refractivity contribution in [2.45, 2.75) is 33.2 Å². The van der Waals surface area contributed by atoms with E-state index in [1.54, 1.807) is 17.7 Å². The molecule has 3 nitrogen and oxygen atoms in total. The highest BCUT2D eigenvalue weighted by Gasteiger charge is 2.12. The fraction of sp³-hybridized carbons (Fsp3) is 0.667. The molecule has 1 atom stereocenters. The molecule has 0 aliphatic carbocycles. The fourth-order valence-corrected chi connectivity index (χ4v) is 1.39. The van der Waals surface area contributed by atoms with E-state index in [1.807, 2.05) is 6.92 Å². The third-order valence-electron chi connectivity index (χ3n) is 2.07. The number of nitrogen functional groups attached to an aromatic ring is 1. The standard InChI is InChI=1S/C9H15F2N3/c1-6(3-8(10)11)5-14-7(2)4-9(12)13-14/h4,6,8H,3,5H2,1-2H3,(H2,12,13). The van der Waals surface area contributed by atoms with Crippen LogP contribution in [0.4, 0.5) is 14.6 Å². The zero-order valence-electron chi connectivity index (χ0n) is 8.37. The first-order valence-electron chi connectivity index (χ1n) is 4.57. The van der Waals surface area contributed by atoms with Crippen molar-refractivity contribution < 1.29 is 8.78 Å². The maximum atomic E-state index is 12.0. The Kier molecular flexibility index (Phi) is 3.43. The maximum Gasteiger partial charge on any atom is 0.239 e. The van der Waals surface area contributed by atoms with E-state index in [4.69, 9.17) is 5.73 Å². The predicted octanol–water partition coefficient (Wildman–Crippen LogP) is 2.07. The minimum absolute atomic E-state index is 0.0898. The number of rotatable bonds is 4. The molecule has 0 saturated heterocycles. The van der Waals surface area contributed by atoms with Crippen molar-refractivity contribution in [3.8, 4) is 0 Å². The molecule has 1 rings (SSSR count). The lowest BCUT2D eigenvalue weighted by Gasteiger charge is -2.11. The van der Waals surface area contributed by atoms with E-state index in [-0.39, 0.29) is 12.3 Å². The summed E-state index contributed by atoms with van der Waals surface area (Å²) in [5, 5.41) is 4.01. The Morgan fingerprint density at radius 2 is 2.21 bits per heavy atom. The average molecular weight is 203 g/mol. The summed E-state index contributed by atoms with van der Waals surface area (Å²) in [6.07, 6.45) is -2.35. The Hall–Kier alpha value is -1.13. The van der Waals surface area contributed by atoms with Gasteiger partial charge in [0.15, 0.2) is 0 Å². The summed E-state index contributed by atoms with van der Waals surface area (Å²) in [5.41, 5.74) is 6.38. The minimum atomic E-state index is -2.25. The van der Waals surface area contributed by atoms with Crippen LogP contribution in [0.25, 0.3) is 0 Å². The molecule has 0 spiro atoms. The number of hydrogen-bond donors (Lipinski definition) is 1. The van der Waals surface area contributed by atoms with Gasteiger partial charge in [0.2, 0.25) is 6.43 Å². The van der Waals surface area contributed by atoms with Crippen LogP contribution in [0.3, 0.4) is 0 Å². The number of aromatic nitrogens is 2. The molecular weight excluding hydrogens is 188 g/mol. The molecule has 0 radical (unpaired) electrons. The van der Waals surface area contributed by atoms with Crippen molar-refractivity contribution in [3.63, 3.8) is 0 Å². The summed E-state index contributed by atoms with van der Waals surface area (Å²) in [6, 6.07) is 1.73. The second-order valence-corrected chi connectivity index (χ2v) is 3.62. The van der Waals surface area contributed by atoms with Gasteiger partial charge >= 0.3 is 0 Å². The quantitative estimate of drug-likeness (QED) is 0.814. The molecule has 0 fully saturated rings. The van der Waals surface area contributed by atoms with Gasteiger partial charge in [0.1, 0.15) is 5.82 Å². The van der Waals surface area contributed by atoms with E-state index >= 15 is 0 Å². The first-order chi connectivity index (χ1) is 6.49.